The number of benzene rings is 3. The number of carbonyl (C=O) groups is 3. The topological polar surface area (TPSA) is 88.2 Å². The molecule has 3 aromatic carbocycles. The van der Waals surface area contributed by atoms with E-state index in [0.29, 0.717) is 36.2 Å². The van der Waals surface area contributed by atoms with E-state index in [4.69, 9.17) is 15.9 Å². The van der Waals surface area contributed by atoms with Crippen molar-refractivity contribution in [1.29, 1.82) is 0 Å². The smallest absolute Gasteiger partial charge is 0.338 e. The number of nitrogens with zero attached hydrogens (tertiary/aromatic N) is 2. The van der Waals surface area contributed by atoms with Crippen LogP contribution in [0.25, 0.3) is 0 Å². The standard InChI is InChI=1S/C37H37N3O5/c1-5-27-13-12-18-30(23-27)33-32(25(2)38-31(24-41)34(33)36(42)44-4)37(43)45-26(3)39-19-21-40(22-20-39)35(28-14-8-6-9-15-28)29-16-10-7-11-17-29/h1,6-18,23-24,26,33,35,38H,19-22H2,2-4H3. The maximum atomic E-state index is 13.9. The lowest BCUT2D eigenvalue weighted by molar-refractivity contribution is -0.155. The number of piperazine rings is 1. The Balaban J connectivity index is 1.36. The second-order valence-electron chi connectivity index (χ2n) is 11.1. The van der Waals surface area contributed by atoms with Crippen LogP contribution in [0.4, 0.5) is 0 Å². The van der Waals surface area contributed by atoms with Gasteiger partial charge in [0.1, 0.15) is 0 Å². The zero-order valence-corrected chi connectivity index (χ0v) is 25.7. The van der Waals surface area contributed by atoms with Crippen LogP contribution in [-0.2, 0) is 23.9 Å². The molecule has 0 amide bonds. The van der Waals surface area contributed by atoms with E-state index in [9.17, 15) is 14.4 Å². The summed E-state index contributed by atoms with van der Waals surface area (Å²) in [4.78, 5) is 43.6. The normalized spacial score (nSPS) is 18.2. The molecule has 230 valence electrons. The van der Waals surface area contributed by atoms with Crippen LogP contribution >= 0.6 is 0 Å². The molecule has 1 saturated heterocycles. The van der Waals surface area contributed by atoms with Crippen molar-refractivity contribution in [3.8, 4) is 12.3 Å². The molecule has 3 aromatic rings. The van der Waals surface area contributed by atoms with Gasteiger partial charge in [-0.2, -0.15) is 0 Å². The molecular weight excluding hydrogens is 566 g/mol. The number of esters is 2. The fraction of sp³-hybridized carbons (Fsp3) is 0.270. The molecule has 2 unspecified atom stereocenters. The van der Waals surface area contributed by atoms with Gasteiger partial charge in [-0.1, -0.05) is 78.7 Å². The average Bonchev–Trinajstić information content (AvgIpc) is 3.08. The van der Waals surface area contributed by atoms with Crippen molar-refractivity contribution in [3.63, 3.8) is 0 Å². The van der Waals surface area contributed by atoms with Crippen molar-refractivity contribution in [2.75, 3.05) is 33.3 Å². The highest BCUT2D eigenvalue weighted by Crippen LogP contribution is 2.39. The maximum Gasteiger partial charge on any atom is 0.338 e. The molecule has 2 aliphatic heterocycles. The Kier molecular flexibility index (Phi) is 9.93. The third kappa shape index (κ3) is 6.75. The number of methoxy groups -OCH3 is 1. The predicted molar refractivity (Wildman–Crippen MR) is 171 cm³/mol. The van der Waals surface area contributed by atoms with Crippen molar-refractivity contribution >= 4 is 18.2 Å². The van der Waals surface area contributed by atoms with Crippen LogP contribution in [0.2, 0.25) is 0 Å². The monoisotopic (exact) mass is 603 g/mol. The highest BCUT2D eigenvalue weighted by Gasteiger charge is 2.40. The van der Waals surface area contributed by atoms with Crippen molar-refractivity contribution < 1.29 is 23.9 Å². The molecule has 2 heterocycles. The molecule has 45 heavy (non-hydrogen) atoms. The number of rotatable bonds is 9. The maximum absolute atomic E-state index is 13.9. The first-order valence-electron chi connectivity index (χ1n) is 15.0. The lowest BCUT2D eigenvalue weighted by Crippen LogP contribution is -2.51. The number of aldehydes is 1. The molecule has 2 atom stereocenters. The minimum atomic E-state index is -0.916. The molecule has 1 N–H and O–H groups in total. The lowest BCUT2D eigenvalue weighted by atomic mass is 9.80. The van der Waals surface area contributed by atoms with Gasteiger partial charge in [-0.3, -0.25) is 14.6 Å². The number of hydrogen-bond donors (Lipinski definition) is 1. The Morgan fingerprint density at radius 3 is 2.04 bits per heavy atom. The van der Waals surface area contributed by atoms with Crippen LogP contribution < -0.4 is 5.32 Å². The predicted octanol–water partition coefficient (Wildman–Crippen LogP) is 4.55. The number of nitrogens with one attached hydrogen (secondary N) is 1. The number of dihydropyridines is 1. The lowest BCUT2D eigenvalue weighted by Gasteiger charge is -2.41. The fourth-order valence-electron chi connectivity index (χ4n) is 6.23. The number of allylic oxidation sites excluding steroid dienone is 2. The van der Waals surface area contributed by atoms with Crippen LogP contribution in [0.15, 0.2) is 107 Å². The third-order valence-electron chi connectivity index (χ3n) is 8.46. The second-order valence-corrected chi connectivity index (χ2v) is 11.1. The summed E-state index contributed by atoms with van der Waals surface area (Å²) in [6, 6.07) is 28.0. The van der Waals surface area contributed by atoms with Gasteiger partial charge in [0.05, 0.1) is 35.9 Å². The minimum Gasteiger partial charge on any atom is -0.466 e. The molecule has 8 nitrogen and oxygen atoms in total. The first-order chi connectivity index (χ1) is 21.9. The summed E-state index contributed by atoms with van der Waals surface area (Å²) in [5, 5.41) is 2.92. The van der Waals surface area contributed by atoms with Crippen LogP contribution in [0.5, 0.6) is 0 Å². The Morgan fingerprint density at radius 2 is 1.49 bits per heavy atom. The van der Waals surface area contributed by atoms with Gasteiger partial charge < -0.3 is 14.8 Å². The summed E-state index contributed by atoms with van der Waals surface area (Å²) in [6.45, 7) is 6.47. The van der Waals surface area contributed by atoms with E-state index in [0.717, 1.165) is 13.1 Å². The van der Waals surface area contributed by atoms with Crippen LogP contribution in [-0.4, -0.2) is 67.5 Å². The Hall–Kier alpha value is -4.97. The third-order valence-corrected chi connectivity index (χ3v) is 8.46. The number of terminal acetylenes is 1. The number of hydrogen-bond acceptors (Lipinski definition) is 8. The number of ether oxygens (including phenoxy) is 2. The first kappa shape index (κ1) is 31.5. The zero-order valence-electron chi connectivity index (χ0n) is 25.7. The van der Waals surface area contributed by atoms with E-state index in [1.807, 2.05) is 19.1 Å². The Labute approximate surface area is 264 Å². The van der Waals surface area contributed by atoms with Crippen molar-refractivity contribution in [1.82, 2.24) is 15.1 Å². The molecule has 0 aliphatic carbocycles. The molecule has 0 spiro atoms. The van der Waals surface area contributed by atoms with Crippen molar-refractivity contribution in [2.24, 2.45) is 0 Å². The SMILES string of the molecule is C#Cc1cccc(C2C(C(=O)OC(C)N3CCN(C(c4ccccc4)c4ccccc4)CC3)=C(C)NC(C=O)=C2C(=O)OC)c1. The van der Waals surface area contributed by atoms with Crippen LogP contribution in [0.3, 0.4) is 0 Å². The minimum absolute atomic E-state index is 0.0216. The molecule has 0 aromatic heterocycles. The molecule has 0 saturated carbocycles. The van der Waals surface area contributed by atoms with Gasteiger partial charge in [-0.25, -0.2) is 9.59 Å². The fourth-order valence-corrected chi connectivity index (χ4v) is 6.23. The molecular formula is C37H37N3O5. The summed E-state index contributed by atoms with van der Waals surface area (Å²) in [7, 11) is 1.23. The largest absolute Gasteiger partial charge is 0.466 e. The first-order valence-corrected chi connectivity index (χ1v) is 15.0. The van der Waals surface area contributed by atoms with E-state index < -0.39 is 24.1 Å². The van der Waals surface area contributed by atoms with E-state index in [1.54, 1.807) is 31.2 Å². The van der Waals surface area contributed by atoms with Gasteiger partial charge in [0, 0.05) is 37.4 Å². The van der Waals surface area contributed by atoms with Gasteiger partial charge in [0.25, 0.3) is 0 Å². The molecule has 8 heteroatoms. The Bertz CT molecular complexity index is 1610. The Morgan fingerprint density at radius 1 is 0.889 bits per heavy atom. The highest BCUT2D eigenvalue weighted by atomic mass is 16.6. The van der Waals surface area contributed by atoms with E-state index >= 15 is 0 Å². The van der Waals surface area contributed by atoms with Gasteiger partial charge >= 0.3 is 11.9 Å². The number of carbonyl (C=O) groups excluding carboxylic acids is 3. The quantitative estimate of drug-likeness (QED) is 0.217. The molecule has 2 aliphatic rings. The zero-order chi connectivity index (χ0) is 31.9. The van der Waals surface area contributed by atoms with Gasteiger partial charge in [-0.05, 0) is 42.7 Å². The van der Waals surface area contributed by atoms with Crippen LogP contribution in [0, 0.1) is 12.3 Å². The van der Waals surface area contributed by atoms with Crippen molar-refractivity contribution in [2.45, 2.75) is 32.0 Å². The van der Waals surface area contributed by atoms with E-state index in [-0.39, 0.29) is 22.9 Å². The molecule has 0 radical (unpaired) electrons. The molecule has 1 fully saturated rings. The van der Waals surface area contributed by atoms with E-state index in [1.165, 1.54) is 18.2 Å². The molecule has 0 bridgehead atoms. The van der Waals surface area contributed by atoms with Gasteiger partial charge in [0.2, 0.25) is 0 Å². The van der Waals surface area contributed by atoms with Crippen molar-refractivity contribution in [3.05, 3.63) is 130 Å². The highest BCUT2D eigenvalue weighted by molar-refractivity contribution is 6.03. The summed E-state index contributed by atoms with van der Waals surface area (Å²) in [5.41, 5.74) is 4.29. The average molecular weight is 604 g/mol. The molecule has 5 rings (SSSR count). The summed E-state index contributed by atoms with van der Waals surface area (Å²) >= 11 is 0. The van der Waals surface area contributed by atoms with E-state index in [2.05, 4.69) is 69.6 Å². The second kappa shape index (κ2) is 14.2. The van der Waals surface area contributed by atoms with Crippen LogP contribution in [0.1, 0.15) is 48.1 Å². The summed E-state index contributed by atoms with van der Waals surface area (Å²) < 4.78 is 11.1. The summed E-state index contributed by atoms with van der Waals surface area (Å²) in [5.74, 6) is 0.355. The van der Waals surface area contributed by atoms with Gasteiger partial charge in [-0.15, -0.1) is 6.42 Å². The summed E-state index contributed by atoms with van der Waals surface area (Å²) in [6.07, 6.45) is 5.66. The van der Waals surface area contributed by atoms with Gasteiger partial charge in [0.15, 0.2) is 12.5 Å².